The van der Waals surface area contributed by atoms with Crippen molar-refractivity contribution in [2.75, 3.05) is 24.6 Å². The molecule has 0 nitrogen and oxygen atoms in total. The Morgan fingerprint density at radius 3 is 0.548 bits per heavy atom. The molecule has 0 aromatic carbocycles. The van der Waals surface area contributed by atoms with Crippen LogP contribution in [0.15, 0.2) is 0 Å². The average Bonchev–Trinajstić information content (AvgIpc) is 2.99. The van der Waals surface area contributed by atoms with E-state index in [1.54, 1.807) is 24.6 Å². The fourth-order valence-corrected chi connectivity index (χ4v) is 15.6. The molecule has 0 N–H and O–H groups in total. The SMILES string of the molecule is CCCCCCCCCCP(Br)(CCCCCCCCCC)(CCCCCCCCCC)CCCCCCCCCC. The molecule has 0 aromatic heterocycles. The molecule has 0 saturated carbocycles. The van der Waals surface area contributed by atoms with E-state index in [0.29, 0.717) is 0 Å². The van der Waals surface area contributed by atoms with Crippen LogP contribution in [0.5, 0.6) is 0 Å². The summed E-state index contributed by atoms with van der Waals surface area (Å²) in [7, 11) is 0. The maximum atomic E-state index is 4.84. The van der Waals surface area contributed by atoms with Gasteiger partial charge >= 0.3 is 279 Å². The molecule has 0 aromatic rings. The standard InChI is InChI=1S/C40H84BrP/c1-5-9-13-17-21-25-29-33-37-42(41,38-34-30-26-22-18-14-10-6-2,39-35-31-27-23-19-15-11-7-3)40-36-32-28-24-20-16-12-8-4/h5-40H2,1-4H3. The molecule has 0 radical (unpaired) electrons. The van der Waals surface area contributed by atoms with Gasteiger partial charge in [0.25, 0.3) is 0 Å². The van der Waals surface area contributed by atoms with Gasteiger partial charge in [0, 0.05) is 0 Å². The summed E-state index contributed by atoms with van der Waals surface area (Å²) in [6.45, 7) is 9.35. The van der Waals surface area contributed by atoms with Gasteiger partial charge in [0.2, 0.25) is 0 Å². The number of halogens is 1. The summed E-state index contributed by atoms with van der Waals surface area (Å²) in [4.78, 5) is 0. The molecule has 0 unspecified atom stereocenters. The van der Waals surface area contributed by atoms with Gasteiger partial charge in [0.1, 0.15) is 0 Å². The van der Waals surface area contributed by atoms with Gasteiger partial charge in [0.05, 0.1) is 0 Å². The molecule has 0 aliphatic carbocycles. The van der Waals surface area contributed by atoms with E-state index in [9.17, 15) is 0 Å². The van der Waals surface area contributed by atoms with Gasteiger partial charge in [-0.25, -0.2) is 0 Å². The fraction of sp³-hybridized carbons (Fsp3) is 1.00. The van der Waals surface area contributed by atoms with Crippen LogP contribution in [0.4, 0.5) is 0 Å². The number of rotatable bonds is 36. The summed E-state index contributed by atoms with van der Waals surface area (Å²) < 4.78 is 0. The van der Waals surface area contributed by atoms with Gasteiger partial charge in [-0.1, -0.05) is 0 Å². The van der Waals surface area contributed by atoms with Gasteiger partial charge < -0.3 is 0 Å². The zero-order valence-electron chi connectivity index (χ0n) is 30.3. The Balaban J connectivity index is 5.04. The third kappa shape index (κ3) is 27.2. The normalized spacial score (nSPS) is 13.0. The molecule has 0 rings (SSSR count). The number of unbranched alkanes of at least 4 members (excludes halogenated alkanes) is 28. The second-order valence-corrected chi connectivity index (χ2v) is 26.1. The molecule has 256 valence electrons. The van der Waals surface area contributed by atoms with E-state index in [0.717, 1.165) is 0 Å². The molecule has 0 aliphatic heterocycles. The summed E-state index contributed by atoms with van der Waals surface area (Å²) in [5.41, 5.74) is 0. The molecule has 0 bridgehead atoms. The van der Waals surface area contributed by atoms with Crippen LogP contribution in [-0.2, 0) is 0 Å². The van der Waals surface area contributed by atoms with E-state index in [1.807, 2.05) is 0 Å². The van der Waals surface area contributed by atoms with E-state index in [4.69, 9.17) is 15.5 Å². The summed E-state index contributed by atoms with van der Waals surface area (Å²) in [5, 5.41) is -1.81. The summed E-state index contributed by atoms with van der Waals surface area (Å²) in [6, 6.07) is 0. The van der Waals surface area contributed by atoms with Crippen molar-refractivity contribution in [1.82, 2.24) is 0 Å². The van der Waals surface area contributed by atoms with Crippen molar-refractivity contribution in [2.45, 2.75) is 233 Å². The Morgan fingerprint density at radius 1 is 0.238 bits per heavy atom. The molecule has 42 heavy (non-hydrogen) atoms. The average molecular weight is 676 g/mol. The second kappa shape index (κ2) is 31.9. The van der Waals surface area contributed by atoms with Crippen molar-refractivity contribution >= 4 is 20.8 Å². The van der Waals surface area contributed by atoms with Crippen molar-refractivity contribution in [3.8, 4) is 0 Å². The van der Waals surface area contributed by atoms with Crippen LogP contribution in [0.25, 0.3) is 0 Å². The maximum absolute atomic E-state index is 4.84. The summed E-state index contributed by atoms with van der Waals surface area (Å²) >= 11 is 4.84. The second-order valence-electron chi connectivity index (χ2n) is 14.6. The van der Waals surface area contributed by atoms with Crippen molar-refractivity contribution < 1.29 is 0 Å². The third-order valence-corrected chi connectivity index (χ3v) is 20.3. The molecule has 0 spiro atoms. The van der Waals surface area contributed by atoms with Crippen LogP contribution in [0.1, 0.15) is 233 Å². The predicted molar refractivity (Wildman–Crippen MR) is 206 cm³/mol. The van der Waals surface area contributed by atoms with E-state index in [-0.39, 0.29) is 0 Å². The van der Waals surface area contributed by atoms with E-state index < -0.39 is 5.31 Å². The van der Waals surface area contributed by atoms with Gasteiger partial charge in [-0.15, -0.1) is 0 Å². The molecule has 0 amide bonds. The third-order valence-electron chi connectivity index (χ3n) is 10.3. The first-order valence-electron chi connectivity index (χ1n) is 20.3. The molecule has 0 heterocycles. The van der Waals surface area contributed by atoms with Gasteiger partial charge in [0.15, 0.2) is 0 Å². The number of hydrogen-bond acceptors (Lipinski definition) is 0. The fourth-order valence-electron chi connectivity index (χ4n) is 7.23. The molecule has 0 fully saturated rings. The van der Waals surface area contributed by atoms with E-state index in [1.165, 1.54) is 205 Å². The first-order chi connectivity index (χ1) is 20.5. The minimum atomic E-state index is -1.81. The van der Waals surface area contributed by atoms with Crippen LogP contribution in [0, 0.1) is 0 Å². The Morgan fingerprint density at radius 2 is 0.381 bits per heavy atom. The monoisotopic (exact) mass is 675 g/mol. The van der Waals surface area contributed by atoms with Crippen LogP contribution >= 0.6 is 20.8 Å². The zero-order valence-corrected chi connectivity index (χ0v) is 32.8. The van der Waals surface area contributed by atoms with Crippen LogP contribution < -0.4 is 0 Å². The predicted octanol–water partition coefficient (Wildman–Crippen LogP) is 16.4. The van der Waals surface area contributed by atoms with Crippen molar-refractivity contribution in [3.05, 3.63) is 0 Å². The molecule has 2 heteroatoms. The quantitative estimate of drug-likeness (QED) is 0.0458. The first-order valence-corrected chi connectivity index (χ1v) is 25.3. The molecule has 0 aliphatic rings. The van der Waals surface area contributed by atoms with Crippen LogP contribution in [0.3, 0.4) is 0 Å². The topological polar surface area (TPSA) is 0 Å². The van der Waals surface area contributed by atoms with Gasteiger partial charge in [-0.3, -0.25) is 0 Å². The van der Waals surface area contributed by atoms with Crippen LogP contribution in [0.2, 0.25) is 0 Å². The van der Waals surface area contributed by atoms with Gasteiger partial charge in [-0.05, 0) is 0 Å². The Hall–Kier alpha value is 0.910. The van der Waals surface area contributed by atoms with Crippen molar-refractivity contribution in [3.63, 3.8) is 0 Å². The molecule has 0 atom stereocenters. The summed E-state index contributed by atoms with van der Waals surface area (Å²) in [5.74, 6) is 0. The molecular formula is C40H84BrP. The zero-order chi connectivity index (χ0) is 30.9. The van der Waals surface area contributed by atoms with Crippen molar-refractivity contribution in [1.29, 1.82) is 0 Å². The first kappa shape index (κ1) is 42.9. The Kier molecular flexibility index (Phi) is 32.6. The summed E-state index contributed by atoms with van der Waals surface area (Å²) in [6.07, 6.45) is 53.0. The minimum absolute atomic E-state index is 1.37. The Bertz CT molecular complexity index is 426. The van der Waals surface area contributed by atoms with E-state index in [2.05, 4.69) is 27.7 Å². The van der Waals surface area contributed by atoms with E-state index >= 15 is 0 Å². The van der Waals surface area contributed by atoms with Gasteiger partial charge in [-0.2, -0.15) is 0 Å². The molecule has 0 saturated heterocycles. The molecular weight excluding hydrogens is 591 g/mol. The Labute approximate surface area is 277 Å². The van der Waals surface area contributed by atoms with Crippen LogP contribution in [-0.4, -0.2) is 24.6 Å². The number of hydrogen-bond donors (Lipinski definition) is 0. The van der Waals surface area contributed by atoms with Crippen molar-refractivity contribution in [2.24, 2.45) is 0 Å².